The summed E-state index contributed by atoms with van der Waals surface area (Å²) >= 11 is 0. The van der Waals surface area contributed by atoms with E-state index in [2.05, 4.69) is 14.8 Å². The Morgan fingerprint density at radius 2 is 1.82 bits per heavy atom. The Morgan fingerprint density at radius 3 is 2.55 bits per heavy atom. The molecule has 1 aromatic carbocycles. The Balaban J connectivity index is 1.77. The molecule has 7 heteroatoms. The summed E-state index contributed by atoms with van der Waals surface area (Å²) in [7, 11) is -3.61. The molecule has 2 heterocycles. The van der Waals surface area contributed by atoms with E-state index in [1.54, 1.807) is 18.3 Å². The van der Waals surface area contributed by atoms with Gasteiger partial charge in [-0.05, 0) is 17.7 Å². The summed E-state index contributed by atoms with van der Waals surface area (Å²) in [4.78, 5) is 4.23. The number of hydrogen-bond acceptors (Lipinski definition) is 4. The Bertz CT molecular complexity index is 846. The van der Waals surface area contributed by atoms with Gasteiger partial charge in [0.25, 0.3) is 0 Å². The molecule has 0 amide bonds. The molecule has 0 fully saturated rings. The number of pyridine rings is 1. The fourth-order valence-electron chi connectivity index (χ4n) is 1.92. The highest BCUT2D eigenvalue weighted by molar-refractivity contribution is 7.89. The maximum absolute atomic E-state index is 12.3. The molecule has 22 heavy (non-hydrogen) atoms. The maximum atomic E-state index is 12.3. The lowest BCUT2D eigenvalue weighted by Crippen LogP contribution is -2.22. The zero-order valence-corrected chi connectivity index (χ0v) is 12.4. The van der Waals surface area contributed by atoms with E-state index in [4.69, 9.17) is 0 Å². The minimum Gasteiger partial charge on any atom is -0.237 e. The van der Waals surface area contributed by atoms with E-state index in [9.17, 15) is 8.42 Å². The number of nitrogens with one attached hydrogen (secondary N) is 1. The third-order valence-corrected chi connectivity index (χ3v) is 4.42. The van der Waals surface area contributed by atoms with Crippen LogP contribution in [0.4, 0.5) is 0 Å². The molecular formula is C15H14N4O2S. The van der Waals surface area contributed by atoms with Gasteiger partial charge in [0.2, 0.25) is 10.0 Å². The number of rotatable bonds is 5. The van der Waals surface area contributed by atoms with E-state index in [0.717, 1.165) is 5.56 Å². The van der Waals surface area contributed by atoms with Crippen LogP contribution in [0.3, 0.4) is 0 Å². The van der Waals surface area contributed by atoms with Crippen molar-refractivity contribution in [2.24, 2.45) is 0 Å². The van der Waals surface area contributed by atoms with Crippen LogP contribution in [0, 0.1) is 0 Å². The number of nitrogens with zero attached hydrogens (tertiary/aromatic N) is 3. The molecule has 1 N–H and O–H groups in total. The van der Waals surface area contributed by atoms with Gasteiger partial charge in [-0.1, -0.05) is 36.4 Å². The largest absolute Gasteiger partial charge is 0.244 e. The average molecular weight is 314 g/mol. The highest BCUT2D eigenvalue weighted by Gasteiger charge is 2.16. The van der Waals surface area contributed by atoms with Gasteiger partial charge >= 0.3 is 0 Å². The van der Waals surface area contributed by atoms with Gasteiger partial charge in [0.05, 0.1) is 12.4 Å². The molecule has 0 unspecified atom stereocenters. The average Bonchev–Trinajstić information content (AvgIpc) is 3.06. The smallest absolute Gasteiger partial charge is 0.237 e. The highest BCUT2D eigenvalue weighted by Crippen LogP contribution is 2.11. The number of sulfonamides is 1. The molecule has 0 radical (unpaired) electrons. The second kappa shape index (κ2) is 6.08. The molecule has 0 atom stereocenters. The lowest BCUT2D eigenvalue weighted by Gasteiger charge is -2.04. The van der Waals surface area contributed by atoms with Gasteiger partial charge in [0, 0.05) is 12.7 Å². The lowest BCUT2D eigenvalue weighted by atomic mass is 10.2. The van der Waals surface area contributed by atoms with Gasteiger partial charge in [-0.3, -0.25) is 0 Å². The van der Waals surface area contributed by atoms with Crippen molar-refractivity contribution in [1.29, 1.82) is 0 Å². The first kappa shape index (κ1) is 14.4. The minimum absolute atomic E-state index is 0.106. The van der Waals surface area contributed by atoms with E-state index in [-0.39, 0.29) is 11.4 Å². The second-order valence-corrected chi connectivity index (χ2v) is 6.39. The summed E-state index contributed by atoms with van der Waals surface area (Å²) in [6, 6.07) is 14.7. The first-order chi connectivity index (χ1) is 10.6. The molecular weight excluding hydrogens is 300 g/mol. The van der Waals surface area contributed by atoms with Crippen LogP contribution in [0.15, 0.2) is 72.0 Å². The van der Waals surface area contributed by atoms with Crippen LogP contribution in [-0.2, 0) is 16.6 Å². The predicted octanol–water partition coefficient (Wildman–Crippen LogP) is 1.75. The fraction of sp³-hybridized carbons (Fsp3) is 0.0667. The molecule has 0 aliphatic carbocycles. The predicted molar refractivity (Wildman–Crippen MR) is 81.8 cm³/mol. The van der Waals surface area contributed by atoms with Gasteiger partial charge in [-0.15, -0.1) is 0 Å². The van der Waals surface area contributed by atoms with Crippen molar-refractivity contribution < 1.29 is 8.42 Å². The van der Waals surface area contributed by atoms with E-state index >= 15 is 0 Å². The quantitative estimate of drug-likeness (QED) is 0.778. The Kier molecular flexibility index (Phi) is 3.99. The first-order valence-electron chi connectivity index (χ1n) is 6.65. The highest BCUT2D eigenvalue weighted by atomic mass is 32.2. The third-order valence-electron chi connectivity index (χ3n) is 3.06. The number of aromatic nitrogens is 3. The van der Waals surface area contributed by atoms with Crippen molar-refractivity contribution in [1.82, 2.24) is 19.5 Å². The van der Waals surface area contributed by atoms with Crippen LogP contribution in [0.1, 0.15) is 5.56 Å². The van der Waals surface area contributed by atoms with E-state index in [0.29, 0.717) is 5.82 Å². The first-order valence-corrected chi connectivity index (χ1v) is 8.13. The molecule has 6 nitrogen and oxygen atoms in total. The molecule has 0 aliphatic heterocycles. The Labute approximate surface area is 128 Å². The number of benzene rings is 1. The topological polar surface area (TPSA) is 76.9 Å². The van der Waals surface area contributed by atoms with Gasteiger partial charge in [-0.2, -0.15) is 5.10 Å². The van der Waals surface area contributed by atoms with Crippen molar-refractivity contribution in [3.63, 3.8) is 0 Å². The SMILES string of the molecule is O=S(=O)(NCc1ccccc1)c1cnn(-c2ccccn2)c1. The van der Waals surface area contributed by atoms with E-state index in [1.165, 1.54) is 17.1 Å². The van der Waals surface area contributed by atoms with Crippen LogP contribution in [0.5, 0.6) is 0 Å². The molecule has 3 aromatic rings. The summed E-state index contributed by atoms with van der Waals surface area (Å²) in [5.41, 5.74) is 0.892. The Hall–Kier alpha value is -2.51. The van der Waals surface area contributed by atoms with Crippen molar-refractivity contribution >= 4 is 10.0 Å². The van der Waals surface area contributed by atoms with E-state index in [1.807, 2.05) is 36.4 Å². The van der Waals surface area contributed by atoms with Crippen LogP contribution >= 0.6 is 0 Å². The van der Waals surface area contributed by atoms with Gasteiger partial charge in [-0.25, -0.2) is 22.8 Å². The summed E-state index contributed by atoms with van der Waals surface area (Å²) in [6.07, 6.45) is 4.37. The second-order valence-electron chi connectivity index (χ2n) is 4.62. The maximum Gasteiger partial charge on any atom is 0.244 e. The molecule has 112 valence electrons. The summed E-state index contributed by atoms with van der Waals surface area (Å²) < 4.78 is 28.5. The lowest BCUT2D eigenvalue weighted by molar-refractivity contribution is 0.581. The van der Waals surface area contributed by atoms with Crippen molar-refractivity contribution in [3.8, 4) is 5.82 Å². The van der Waals surface area contributed by atoms with Crippen LogP contribution in [0.2, 0.25) is 0 Å². The van der Waals surface area contributed by atoms with Crippen molar-refractivity contribution in [2.45, 2.75) is 11.4 Å². The van der Waals surface area contributed by atoms with Gasteiger partial charge < -0.3 is 0 Å². The zero-order chi connectivity index (χ0) is 15.4. The normalized spacial score (nSPS) is 11.5. The third kappa shape index (κ3) is 3.21. The fourth-order valence-corrected chi connectivity index (χ4v) is 2.87. The zero-order valence-electron chi connectivity index (χ0n) is 11.6. The summed E-state index contributed by atoms with van der Waals surface area (Å²) in [5.74, 6) is 0.562. The van der Waals surface area contributed by atoms with Crippen LogP contribution in [0.25, 0.3) is 5.82 Å². The standard InChI is InChI=1S/C15H14N4O2S/c20-22(21,18-10-13-6-2-1-3-7-13)14-11-17-19(12-14)15-8-4-5-9-16-15/h1-9,11-12,18H,10H2. The van der Waals surface area contributed by atoms with Crippen molar-refractivity contribution in [2.75, 3.05) is 0 Å². The van der Waals surface area contributed by atoms with Crippen LogP contribution in [-0.4, -0.2) is 23.2 Å². The molecule has 2 aromatic heterocycles. The van der Waals surface area contributed by atoms with Crippen molar-refractivity contribution in [3.05, 3.63) is 72.7 Å². The Morgan fingerprint density at radius 1 is 1.05 bits per heavy atom. The summed E-state index contributed by atoms with van der Waals surface area (Å²) in [6.45, 7) is 0.234. The van der Waals surface area contributed by atoms with Crippen LogP contribution < -0.4 is 4.72 Å². The molecule has 0 bridgehead atoms. The molecule has 0 saturated heterocycles. The monoisotopic (exact) mass is 314 g/mol. The van der Waals surface area contributed by atoms with E-state index < -0.39 is 10.0 Å². The van der Waals surface area contributed by atoms with Gasteiger partial charge in [0.15, 0.2) is 5.82 Å². The minimum atomic E-state index is -3.61. The van der Waals surface area contributed by atoms with Gasteiger partial charge in [0.1, 0.15) is 4.90 Å². The molecule has 0 spiro atoms. The summed E-state index contributed by atoms with van der Waals surface area (Å²) in [5, 5.41) is 4.04. The molecule has 0 aliphatic rings. The molecule has 3 rings (SSSR count). The number of hydrogen-bond donors (Lipinski definition) is 1. The molecule has 0 saturated carbocycles.